The quantitative estimate of drug-likeness (QED) is 0.672. The average molecular weight is 261 g/mol. The van der Waals surface area contributed by atoms with E-state index in [-0.39, 0.29) is 5.75 Å². The zero-order valence-corrected chi connectivity index (χ0v) is 10.8. The van der Waals surface area contributed by atoms with Crippen LogP contribution in [0.4, 0.5) is 5.69 Å². The number of carbonyl (C=O) groups excluding carboxylic acids is 1. The van der Waals surface area contributed by atoms with Gasteiger partial charge >= 0.3 is 5.97 Å². The number of para-hydroxylation sites is 1. The Morgan fingerprint density at radius 1 is 1.47 bits per heavy atom. The Hall–Kier alpha value is -2.50. The fourth-order valence-corrected chi connectivity index (χ4v) is 1.61. The van der Waals surface area contributed by atoms with Crippen LogP contribution in [0.3, 0.4) is 0 Å². The van der Waals surface area contributed by atoms with Gasteiger partial charge in [-0.2, -0.15) is 5.10 Å². The molecule has 0 bridgehead atoms. The first-order valence-electron chi connectivity index (χ1n) is 5.84. The molecular formula is C13H15N3O3. The van der Waals surface area contributed by atoms with Gasteiger partial charge in [0, 0.05) is 7.05 Å². The number of aryl methyl sites for hydroxylation is 1. The highest BCUT2D eigenvalue weighted by Gasteiger charge is 2.17. The second kappa shape index (κ2) is 5.43. The number of nitrogens with two attached hydrogens (primary N) is 1. The molecule has 1 heterocycles. The Bertz CT molecular complexity index is 593. The number of benzene rings is 1. The third-order valence-electron chi connectivity index (χ3n) is 2.44. The van der Waals surface area contributed by atoms with Gasteiger partial charge < -0.3 is 15.2 Å². The zero-order chi connectivity index (χ0) is 13.8. The minimum Gasteiger partial charge on any atom is -0.462 e. The normalized spacial score (nSPS) is 10.2. The predicted octanol–water partition coefficient (Wildman–Crippen LogP) is 1.97. The number of anilines is 1. The lowest BCUT2D eigenvalue weighted by atomic mass is 10.1. The Morgan fingerprint density at radius 2 is 2.26 bits per heavy atom. The van der Waals surface area contributed by atoms with Gasteiger partial charge in [0.1, 0.15) is 5.56 Å². The highest BCUT2D eigenvalue weighted by molar-refractivity contribution is 5.94. The monoisotopic (exact) mass is 261 g/mol. The van der Waals surface area contributed by atoms with Gasteiger partial charge in [-0.3, -0.25) is 4.68 Å². The van der Waals surface area contributed by atoms with Crippen LogP contribution >= 0.6 is 0 Å². The summed E-state index contributed by atoms with van der Waals surface area (Å²) in [5, 5.41) is 3.99. The van der Waals surface area contributed by atoms with Gasteiger partial charge in [0.15, 0.2) is 11.5 Å². The molecule has 1 aromatic heterocycles. The average Bonchev–Trinajstić information content (AvgIpc) is 2.78. The van der Waals surface area contributed by atoms with E-state index in [2.05, 4.69) is 5.10 Å². The van der Waals surface area contributed by atoms with E-state index in [1.807, 2.05) is 0 Å². The summed E-state index contributed by atoms with van der Waals surface area (Å²) in [4.78, 5) is 11.8. The maximum Gasteiger partial charge on any atom is 0.342 e. The van der Waals surface area contributed by atoms with Crippen molar-refractivity contribution in [1.82, 2.24) is 9.78 Å². The Labute approximate surface area is 110 Å². The summed E-state index contributed by atoms with van der Waals surface area (Å²) in [5.74, 6) is 0.327. The van der Waals surface area contributed by atoms with Gasteiger partial charge in [-0.1, -0.05) is 6.07 Å². The molecule has 0 radical (unpaired) electrons. The highest BCUT2D eigenvalue weighted by atomic mass is 16.5. The van der Waals surface area contributed by atoms with Crippen molar-refractivity contribution >= 4 is 11.7 Å². The van der Waals surface area contributed by atoms with Crippen molar-refractivity contribution in [3.8, 4) is 11.5 Å². The standard InChI is InChI=1S/C13H15N3O3/c1-3-18-13(17)10-5-4-6-11(14)12(10)19-9-7-15-16(2)8-9/h4-8H,3,14H2,1-2H3. The van der Waals surface area contributed by atoms with Crippen molar-refractivity contribution in [2.45, 2.75) is 6.92 Å². The molecule has 0 unspecified atom stereocenters. The molecule has 0 aliphatic rings. The molecule has 1 aromatic carbocycles. The van der Waals surface area contributed by atoms with Gasteiger partial charge in [0.25, 0.3) is 0 Å². The SMILES string of the molecule is CCOC(=O)c1cccc(N)c1Oc1cnn(C)c1. The molecule has 2 rings (SSSR count). The van der Waals surface area contributed by atoms with Crippen LogP contribution in [-0.4, -0.2) is 22.4 Å². The summed E-state index contributed by atoms with van der Waals surface area (Å²) in [6.45, 7) is 2.03. The topological polar surface area (TPSA) is 79.4 Å². The minimum atomic E-state index is -0.464. The van der Waals surface area contributed by atoms with E-state index in [0.29, 0.717) is 23.6 Å². The molecule has 0 aliphatic heterocycles. The number of hydrogen-bond donors (Lipinski definition) is 1. The molecule has 0 saturated carbocycles. The molecule has 0 atom stereocenters. The summed E-state index contributed by atoms with van der Waals surface area (Å²) in [7, 11) is 1.77. The molecule has 0 saturated heterocycles. The van der Waals surface area contributed by atoms with Crippen molar-refractivity contribution in [2.75, 3.05) is 12.3 Å². The van der Waals surface area contributed by atoms with Crippen molar-refractivity contribution in [1.29, 1.82) is 0 Å². The van der Waals surface area contributed by atoms with Crippen LogP contribution in [0.1, 0.15) is 17.3 Å². The maximum atomic E-state index is 11.8. The lowest BCUT2D eigenvalue weighted by Crippen LogP contribution is -2.07. The third-order valence-corrected chi connectivity index (χ3v) is 2.44. The van der Waals surface area contributed by atoms with E-state index in [1.54, 1.807) is 49.2 Å². The molecular weight excluding hydrogens is 246 g/mol. The Kier molecular flexibility index (Phi) is 3.70. The first-order chi connectivity index (χ1) is 9.11. The minimum absolute atomic E-state index is 0.286. The molecule has 2 aromatic rings. The van der Waals surface area contributed by atoms with Crippen LogP contribution < -0.4 is 10.5 Å². The van der Waals surface area contributed by atoms with E-state index >= 15 is 0 Å². The highest BCUT2D eigenvalue weighted by Crippen LogP contribution is 2.31. The summed E-state index contributed by atoms with van der Waals surface area (Å²) in [5.41, 5.74) is 6.52. The summed E-state index contributed by atoms with van der Waals surface area (Å²) >= 11 is 0. The summed E-state index contributed by atoms with van der Waals surface area (Å²) < 4.78 is 12.2. The largest absolute Gasteiger partial charge is 0.462 e. The fourth-order valence-electron chi connectivity index (χ4n) is 1.61. The maximum absolute atomic E-state index is 11.8. The van der Waals surface area contributed by atoms with Crippen LogP contribution in [-0.2, 0) is 11.8 Å². The van der Waals surface area contributed by atoms with Crippen molar-refractivity contribution in [2.24, 2.45) is 7.05 Å². The number of aromatic nitrogens is 2. The van der Waals surface area contributed by atoms with Gasteiger partial charge in [-0.15, -0.1) is 0 Å². The van der Waals surface area contributed by atoms with E-state index < -0.39 is 5.97 Å². The molecule has 6 heteroatoms. The van der Waals surface area contributed by atoms with E-state index in [4.69, 9.17) is 15.2 Å². The number of carbonyl (C=O) groups is 1. The fraction of sp³-hybridized carbons (Fsp3) is 0.231. The predicted molar refractivity (Wildman–Crippen MR) is 70.1 cm³/mol. The molecule has 0 aliphatic carbocycles. The second-order valence-electron chi connectivity index (χ2n) is 3.90. The summed E-state index contributed by atoms with van der Waals surface area (Å²) in [6.07, 6.45) is 3.22. The van der Waals surface area contributed by atoms with E-state index in [0.717, 1.165) is 0 Å². The first kappa shape index (κ1) is 12.9. The number of nitrogens with zero attached hydrogens (tertiary/aromatic N) is 2. The molecule has 2 N–H and O–H groups in total. The van der Waals surface area contributed by atoms with Gasteiger partial charge in [-0.05, 0) is 19.1 Å². The number of hydrogen-bond acceptors (Lipinski definition) is 5. The lowest BCUT2D eigenvalue weighted by molar-refractivity contribution is 0.0523. The van der Waals surface area contributed by atoms with Gasteiger partial charge in [0.05, 0.1) is 24.7 Å². The third kappa shape index (κ3) is 2.85. The zero-order valence-electron chi connectivity index (χ0n) is 10.8. The van der Waals surface area contributed by atoms with Crippen molar-refractivity contribution in [3.63, 3.8) is 0 Å². The number of rotatable bonds is 4. The second-order valence-corrected chi connectivity index (χ2v) is 3.90. The van der Waals surface area contributed by atoms with Crippen LogP contribution in [0.2, 0.25) is 0 Å². The van der Waals surface area contributed by atoms with Crippen LogP contribution in [0.25, 0.3) is 0 Å². The Balaban J connectivity index is 2.35. The van der Waals surface area contributed by atoms with E-state index in [9.17, 15) is 4.79 Å². The molecule has 0 spiro atoms. The molecule has 0 fully saturated rings. The number of esters is 1. The van der Waals surface area contributed by atoms with Crippen molar-refractivity contribution in [3.05, 3.63) is 36.2 Å². The van der Waals surface area contributed by atoms with E-state index in [1.165, 1.54) is 0 Å². The van der Waals surface area contributed by atoms with Crippen LogP contribution in [0.15, 0.2) is 30.6 Å². The first-order valence-corrected chi connectivity index (χ1v) is 5.84. The van der Waals surface area contributed by atoms with Gasteiger partial charge in [0.2, 0.25) is 0 Å². The molecule has 19 heavy (non-hydrogen) atoms. The molecule has 0 amide bonds. The Morgan fingerprint density at radius 3 is 2.89 bits per heavy atom. The number of nitrogen functional groups attached to an aromatic ring is 1. The van der Waals surface area contributed by atoms with Crippen LogP contribution in [0.5, 0.6) is 11.5 Å². The van der Waals surface area contributed by atoms with Gasteiger partial charge in [-0.25, -0.2) is 4.79 Å². The summed E-state index contributed by atoms with van der Waals surface area (Å²) in [6, 6.07) is 4.95. The molecule has 6 nitrogen and oxygen atoms in total. The lowest BCUT2D eigenvalue weighted by Gasteiger charge is -2.11. The van der Waals surface area contributed by atoms with Crippen molar-refractivity contribution < 1.29 is 14.3 Å². The number of ether oxygens (including phenoxy) is 2. The smallest absolute Gasteiger partial charge is 0.342 e. The molecule has 100 valence electrons. The van der Waals surface area contributed by atoms with Crippen LogP contribution in [0, 0.1) is 0 Å².